The number of rotatable bonds is 9. The number of ether oxygens (including phenoxy) is 1. The highest BCUT2D eigenvalue weighted by molar-refractivity contribution is 5.69. The Balaban J connectivity index is 2.05. The van der Waals surface area contributed by atoms with E-state index in [4.69, 9.17) is 14.4 Å². The number of carboxylic acids is 1. The van der Waals surface area contributed by atoms with E-state index >= 15 is 0 Å². The lowest BCUT2D eigenvalue weighted by Gasteiger charge is -2.16. The predicted molar refractivity (Wildman–Crippen MR) is 84.1 cm³/mol. The van der Waals surface area contributed by atoms with Crippen LogP contribution in [0, 0.1) is 0 Å². The zero-order chi connectivity index (χ0) is 16.7. The van der Waals surface area contributed by atoms with Crippen LogP contribution >= 0.6 is 0 Å². The molecule has 23 heavy (non-hydrogen) atoms. The Hall–Kier alpha value is -2.41. The van der Waals surface area contributed by atoms with Crippen molar-refractivity contribution in [2.45, 2.75) is 26.8 Å². The summed E-state index contributed by atoms with van der Waals surface area (Å²) in [6, 6.07) is 7.42. The molecule has 0 saturated heterocycles. The molecule has 1 aromatic carbocycles. The van der Waals surface area contributed by atoms with Crippen LogP contribution in [-0.4, -0.2) is 45.8 Å². The molecule has 0 atom stereocenters. The predicted octanol–water partition coefficient (Wildman–Crippen LogP) is 2.43. The highest BCUT2D eigenvalue weighted by Crippen LogP contribution is 2.20. The van der Waals surface area contributed by atoms with Crippen LogP contribution < -0.4 is 4.74 Å². The monoisotopic (exact) mass is 319 g/mol. The molecule has 124 valence electrons. The Morgan fingerprint density at radius 2 is 2.04 bits per heavy atom. The number of hydrogen-bond acceptors (Lipinski definition) is 6. The van der Waals surface area contributed by atoms with E-state index < -0.39 is 5.97 Å². The van der Waals surface area contributed by atoms with E-state index in [-0.39, 0.29) is 6.54 Å². The summed E-state index contributed by atoms with van der Waals surface area (Å²) in [5.41, 5.74) is 0.823. The largest absolute Gasteiger partial charge is 0.494 e. The van der Waals surface area contributed by atoms with Gasteiger partial charge >= 0.3 is 5.97 Å². The minimum atomic E-state index is -0.871. The van der Waals surface area contributed by atoms with E-state index in [1.165, 1.54) is 0 Å². The first kappa shape index (κ1) is 17.0. The topological polar surface area (TPSA) is 88.7 Å². The van der Waals surface area contributed by atoms with Gasteiger partial charge in [0.25, 0.3) is 0 Å². The number of carboxylic acid groups (broad SMARTS) is 1. The van der Waals surface area contributed by atoms with Crippen molar-refractivity contribution < 1.29 is 19.2 Å². The Labute approximate surface area is 134 Å². The molecule has 7 nitrogen and oxygen atoms in total. The first-order chi connectivity index (χ1) is 11.1. The first-order valence-corrected chi connectivity index (χ1v) is 7.62. The Morgan fingerprint density at radius 3 is 2.65 bits per heavy atom. The molecule has 0 fully saturated rings. The number of nitrogens with zero attached hydrogens (tertiary/aromatic N) is 3. The van der Waals surface area contributed by atoms with Gasteiger partial charge in [0, 0.05) is 5.56 Å². The van der Waals surface area contributed by atoms with Crippen molar-refractivity contribution >= 4 is 5.97 Å². The number of carbonyl (C=O) groups is 1. The molecule has 0 unspecified atom stereocenters. The molecule has 1 aromatic heterocycles. The van der Waals surface area contributed by atoms with Gasteiger partial charge in [-0.3, -0.25) is 9.69 Å². The van der Waals surface area contributed by atoms with E-state index in [0.717, 1.165) is 17.7 Å². The lowest BCUT2D eigenvalue weighted by Crippen LogP contribution is -2.30. The maximum atomic E-state index is 10.9. The van der Waals surface area contributed by atoms with Gasteiger partial charge in [0.05, 0.1) is 19.7 Å². The molecule has 0 aliphatic rings. The van der Waals surface area contributed by atoms with E-state index in [1.807, 2.05) is 38.1 Å². The highest BCUT2D eigenvalue weighted by Gasteiger charge is 2.15. The molecule has 1 N–H and O–H groups in total. The maximum Gasteiger partial charge on any atom is 0.317 e. The van der Waals surface area contributed by atoms with E-state index in [1.54, 1.807) is 4.90 Å². The Bertz CT molecular complexity index is 625. The summed E-state index contributed by atoms with van der Waals surface area (Å²) in [6.07, 6.45) is 0.854. The van der Waals surface area contributed by atoms with Crippen LogP contribution in [0.1, 0.15) is 26.2 Å². The van der Waals surface area contributed by atoms with Crippen LogP contribution in [0.2, 0.25) is 0 Å². The van der Waals surface area contributed by atoms with Crippen molar-refractivity contribution in [3.05, 3.63) is 30.2 Å². The zero-order valence-corrected chi connectivity index (χ0v) is 13.4. The fourth-order valence-corrected chi connectivity index (χ4v) is 2.22. The Morgan fingerprint density at radius 1 is 1.30 bits per heavy atom. The van der Waals surface area contributed by atoms with E-state index in [9.17, 15) is 4.79 Å². The van der Waals surface area contributed by atoms with Crippen LogP contribution in [0.3, 0.4) is 0 Å². The molecule has 0 aliphatic heterocycles. The fourth-order valence-electron chi connectivity index (χ4n) is 2.22. The van der Waals surface area contributed by atoms with Gasteiger partial charge in [-0.05, 0) is 44.2 Å². The van der Waals surface area contributed by atoms with Gasteiger partial charge in [-0.2, -0.15) is 4.98 Å². The van der Waals surface area contributed by atoms with Gasteiger partial charge in [-0.15, -0.1) is 0 Å². The number of aliphatic carboxylic acids is 1. The van der Waals surface area contributed by atoms with Crippen molar-refractivity contribution in [3.8, 4) is 17.1 Å². The van der Waals surface area contributed by atoms with Crippen LogP contribution in [-0.2, 0) is 11.3 Å². The molecule has 2 aromatic rings. The molecular weight excluding hydrogens is 298 g/mol. The lowest BCUT2D eigenvalue weighted by atomic mass is 10.2. The van der Waals surface area contributed by atoms with Gasteiger partial charge in [-0.25, -0.2) is 0 Å². The van der Waals surface area contributed by atoms with E-state index in [2.05, 4.69) is 10.1 Å². The van der Waals surface area contributed by atoms with Gasteiger partial charge in [-0.1, -0.05) is 12.1 Å². The molecule has 0 bridgehead atoms. The second-order valence-corrected chi connectivity index (χ2v) is 5.07. The minimum Gasteiger partial charge on any atom is -0.494 e. The average molecular weight is 319 g/mol. The number of benzene rings is 1. The SMILES string of the molecule is CCCN(CC(=O)O)Cc1nc(-c2ccc(OCC)cc2)no1. The minimum absolute atomic E-state index is 0.0470. The van der Waals surface area contributed by atoms with Gasteiger partial charge < -0.3 is 14.4 Å². The average Bonchev–Trinajstić information content (AvgIpc) is 2.96. The van der Waals surface area contributed by atoms with Crippen molar-refractivity contribution in [2.24, 2.45) is 0 Å². The molecule has 0 amide bonds. The van der Waals surface area contributed by atoms with Crippen LogP contribution in [0.25, 0.3) is 11.4 Å². The van der Waals surface area contributed by atoms with Gasteiger partial charge in [0.2, 0.25) is 11.7 Å². The first-order valence-electron chi connectivity index (χ1n) is 7.62. The second kappa shape index (κ2) is 8.28. The molecule has 0 saturated carbocycles. The highest BCUT2D eigenvalue weighted by atomic mass is 16.5. The molecule has 0 radical (unpaired) electrons. The molecule has 7 heteroatoms. The molecule has 0 aliphatic carbocycles. The summed E-state index contributed by atoms with van der Waals surface area (Å²) in [4.78, 5) is 17.0. The summed E-state index contributed by atoms with van der Waals surface area (Å²) < 4.78 is 10.6. The Kier molecular flexibility index (Phi) is 6.10. The van der Waals surface area contributed by atoms with E-state index in [0.29, 0.717) is 31.4 Å². The fraction of sp³-hybridized carbons (Fsp3) is 0.438. The zero-order valence-electron chi connectivity index (χ0n) is 13.4. The third-order valence-corrected chi connectivity index (χ3v) is 3.15. The smallest absolute Gasteiger partial charge is 0.317 e. The van der Waals surface area contributed by atoms with Crippen LogP contribution in [0.5, 0.6) is 5.75 Å². The summed E-state index contributed by atoms with van der Waals surface area (Å²) >= 11 is 0. The summed E-state index contributed by atoms with van der Waals surface area (Å²) in [6.45, 7) is 5.47. The third kappa shape index (κ3) is 5.07. The molecule has 0 spiro atoms. The molecule has 2 rings (SSSR count). The molecular formula is C16H21N3O4. The summed E-state index contributed by atoms with van der Waals surface area (Å²) in [5, 5.41) is 12.9. The van der Waals surface area contributed by atoms with Crippen LogP contribution in [0.15, 0.2) is 28.8 Å². The van der Waals surface area contributed by atoms with Crippen molar-refractivity contribution in [1.82, 2.24) is 15.0 Å². The van der Waals surface area contributed by atoms with Crippen LogP contribution in [0.4, 0.5) is 0 Å². The quantitative estimate of drug-likeness (QED) is 0.759. The summed E-state index contributed by atoms with van der Waals surface area (Å²) in [7, 11) is 0. The normalized spacial score (nSPS) is 10.9. The second-order valence-electron chi connectivity index (χ2n) is 5.07. The number of hydrogen-bond donors (Lipinski definition) is 1. The lowest BCUT2D eigenvalue weighted by molar-refractivity contribution is -0.138. The van der Waals surface area contributed by atoms with Gasteiger partial charge in [0.1, 0.15) is 5.75 Å². The summed E-state index contributed by atoms with van der Waals surface area (Å²) in [5.74, 6) is 0.804. The van der Waals surface area contributed by atoms with Crippen molar-refractivity contribution in [3.63, 3.8) is 0 Å². The third-order valence-electron chi connectivity index (χ3n) is 3.15. The standard InChI is InChI=1S/C16H21N3O4/c1-3-9-19(11-15(20)21)10-14-17-16(18-23-14)12-5-7-13(8-6-12)22-4-2/h5-8H,3-4,9-11H2,1-2H3,(H,20,21). The molecule has 1 heterocycles. The van der Waals surface area contributed by atoms with Crippen molar-refractivity contribution in [1.29, 1.82) is 0 Å². The maximum absolute atomic E-state index is 10.9. The van der Waals surface area contributed by atoms with Crippen molar-refractivity contribution in [2.75, 3.05) is 19.7 Å². The van der Waals surface area contributed by atoms with Gasteiger partial charge in [0.15, 0.2) is 0 Å². The number of aromatic nitrogens is 2.